The maximum atomic E-state index is 12.9. The number of aromatic nitrogens is 2. The van der Waals surface area contributed by atoms with Crippen LogP contribution in [0.15, 0.2) is 16.6 Å². The molecule has 1 unspecified atom stereocenters. The smallest absolute Gasteiger partial charge is 0.263 e. The van der Waals surface area contributed by atoms with Gasteiger partial charge >= 0.3 is 0 Å². The van der Waals surface area contributed by atoms with Crippen molar-refractivity contribution in [3.63, 3.8) is 0 Å². The van der Waals surface area contributed by atoms with E-state index < -0.39 is 16.1 Å². The minimum atomic E-state index is -3.88. The Bertz CT molecular complexity index is 798. The average Bonchev–Trinajstić information content (AvgIpc) is 3.11. The standard InChI is InChI=1S/C11H13ClN4O3S2/c1-13-9(17)7-3-2-4-16(7)21(18,19)10-8(12)14-11-15(10)5-6-20-11/h5-7H,2-4H2,1H3,(H,13,17). The lowest BCUT2D eigenvalue weighted by Gasteiger charge is -2.22. The third-order valence-electron chi connectivity index (χ3n) is 3.48. The van der Waals surface area contributed by atoms with E-state index in [-0.39, 0.29) is 16.1 Å². The van der Waals surface area contributed by atoms with Gasteiger partial charge in [0.25, 0.3) is 10.0 Å². The monoisotopic (exact) mass is 348 g/mol. The van der Waals surface area contributed by atoms with Crippen molar-refractivity contribution in [1.82, 2.24) is 19.0 Å². The van der Waals surface area contributed by atoms with Crippen LogP contribution in [0.4, 0.5) is 0 Å². The number of hydrogen-bond acceptors (Lipinski definition) is 5. The summed E-state index contributed by atoms with van der Waals surface area (Å²) in [6, 6.07) is -0.694. The fourth-order valence-electron chi connectivity index (χ4n) is 2.54. The highest BCUT2D eigenvalue weighted by Crippen LogP contribution is 2.31. The normalized spacial score (nSPS) is 20.2. The first-order valence-electron chi connectivity index (χ1n) is 6.31. The van der Waals surface area contributed by atoms with E-state index in [1.54, 1.807) is 11.6 Å². The van der Waals surface area contributed by atoms with Gasteiger partial charge in [-0.15, -0.1) is 11.3 Å². The molecule has 114 valence electrons. The van der Waals surface area contributed by atoms with E-state index in [1.807, 2.05) is 0 Å². The number of fused-ring (bicyclic) bond motifs is 1. The van der Waals surface area contributed by atoms with Crippen LogP contribution in [0.3, 0.4) is 0 Å². The molecule has 0 bridgehead atoms. The van der Waals surface area contributed by atoms with Gasteiger partial charge in [0.15, 0.2) is 15.1 Å². The number of halogens is 1. The maximum absolute atomic E-state index is 12.9. The van der Waals surface area contributed by atoms with Gasteiger partial charge in [-0.05, 0) is 12.8 Å². The fraction of sp³-hybridized carbons (Fsp3) is 0.455. The molecule has 1 aliphatic rings. The predicted octanol–water partition coefficient (Wildman–Crippen LogP) is 0.948. The van der Waals surface area contributed by atoms with Crippen molar-refractivity contribution in [3.8, 4) is 0 Å². The topological polar surface area (TPSA) is 83.8 Å². The zero-order chi connectivity index (χ0) is 15.2. The van der Waals surface area contributed by atoms with Gasteiger partial charge in [-0.1, -0.05) is 11.6 Å². The number of carbonyl (C=O) groups excluding carboxylic acids is 1. The minimum absolute atomic E-state index is 0.0654. The van der Waals surface area contributed by atoms with Gasteiger partial charge in [0, 0.05) is 25.2 Å². The zero-order valence-corrected chi connectivity index (χ0v) is 13.5. The highest BCUT2D eigenvalue weighted by molar-refractivity contribution is 7.89. The Balaban J connectivity index is 2.10. The van der Waals surface area contributed by atoms with E-state index in [1.165, 1.54) is 27.1 Å². The number of thiazole rings is 1. The van der Waals surface area contributed by atoms with Crippen LogP contribution < -0.4 is 5.32 Å². The van der Waals surface area contributed by atoms with Gasteiger partial charge in [-0.25, -0.2) is 13.4 Å². The fourth-order valence-corrected chi connectivity index (χ4v) is 5.60. The first-order chi connectivity index (χ1) is 9.96. The summed E-state index contributed by atoms with van der Waals surface area (Å²) in [7, 11) is -2.38. The molecule has 1 amide bonds. The minimum Gasteiger partial charge on any atom is -0.358 e. The number of likely N-dealkylation sites (N-methyl/N-ethyl adjacent to an activating group) is 1. The molecule has 21 heavy (non-hydrogen) atoms. The van der Waals surface area contributed by atoms with E-state index in [9.17, 15) is 13.2 Å². The first kappa shape index (κ1) is 14.8. The number of sulfonamides is 1. The summed E-state index contributed by atoms with van der Waals surface area (Å²) < 4.78 is 28.4. The second kappa shape index (κ2) is 5.24. The van der Waals surface area contributed by atoms with E-state index in [4.69, 9.17) is 11.6 Å². The van der Waals surface area contributed by atoms with Gasteiger partial charge in [0.1, 0.15) is 6.04 Å². The third-order valence-corrected chi connectivity index (χ3v) is 6.55. The molecule has 1 N–H and O–H groups in total. The summed E-state index contributed by atoms with van der Waals surface area (Å²) in [5, 5.41) is 4.10. The van der Waals surface area contributed by atoms with E-state index >= 15 is 0 Å². The van der Waals surface area contributed by atoms with Gasteiger partial charge < -0.3 is 5.32 Å². The van der Waals surface area contributed by atoms with Gasteiger partial charge in [0.2, 0.25) is 5.91 Å². The van der Waals surface area contributed by atoms with Crippen LogP contribution in [0, 0.1) is 0 Å². The van der Waals surface area contributed by atoms with Crippen molar-refractivity contribution in [2.45, 2.75) is 23.9 Å². The molecule has 3 rings (SSSR count). The van der Waals surface area contributed by atoms with Crippen LogP contribution in [0.25, 0.3) is 4.96 Å². The van der Waals surface area contributed by atoms with Crippen LogP contribution in [0.2, 0.25) is 5.15 Å². The van der Waals surface area contributed by atoms with E-state index in [0.29, 0.717) is 24.3 Å². The Kier molecular flexibility index (Phi) is 3.68. The predicted molar refractivity (Wildman–Crippen MR) is 79.1 cm³/mol. The molecular formula is C11H13ClN4O3S2. The molecule has 3 heterocycles. The number of amides is 1. The molecular weight excluding hydrogens is 336 g/mol. The van der Waals surface area contributed by atoms with Crippen molar-refractivity contribution >= 4 is 43.8 Å². The van der Waals surface area contributed by atoms with Crippen molar-refractivity contribution in [2.24, 2.45) is 0 Å². The van der Waals surface area contributed by atoms with Crippen molar-refractivity contribution < 1.29 is 13.2 Å². The molecule has 7 nitrogen and oxygen atoms in total. The first-order valence-corrected chi connectivity index (χ1v) is 9.01. The Hall–Kier alpha value is -1.16. The highest BCUT2D eigenvalue weighted by Gasteiger charge is 2.41. The van der Waals surface area contributed by atoms with Crippen molar-refractivity contribution in [1.29, 1.82) is 0 Å². The molecule has 0 aliphatic carbocycles. The molecule has 0 aromatic carbocycles. The Morgan fingerprint density at radius 1 is 1.57 bits per heavy atom. The van der Waals surface area contributed by atoms with Crippen LogP contribution in [0.5, 0.6) is 0 Å². The summed E-state index contributed by atoms with van der Waals surface area (Å²) in [6.45, 7) is 0.300. The van der Waals surface area contributed by atoms with Gasteiger partial charge in [-0.3, -0.25) is 9.20 Å². The van der Waals surface area contributed by atoms with Crippen LogP contribution in [-0.2, 0) is 14.8 Å². The number of nitrogens with zero attached hydrogens (tertiary/aromatic N) is 3. The van der Waals surface area contributed by atoms with Gasteiger partial charge in [-0.2, -0.15) is 4.31 Å². The summed E-state index contributed by atoms with van der Waals surface area (Å²) in [4.78, 5) is 16.4. The quantitative estimate of drug-likeness (QED) is 0.895. The van der Waals surface area contributed by atoms with Crippen LogP contribution >= 0.6 is 22.9 Å². The lowest BCUT2D eigenvalue weighted by Crippen LogP contribution is -2.45. The molecule has 1 atom stereocenters. The maximum Gasteiger partial charge on any atom is 0.263 e. The number of nitrogens with one attached hydrogen (secondary N) is 1. The molecule has 2 aromatic heterocycles. The molecule has 0 saturated carbocycles. The third kappa shape index (κ3) is 2.24. The summed E-state index contributed by atoms with van der Waals surface area (Å²) in [5.74, 6) is -0.307. The summed E-state index contributed by atoms with van der Waals surface area (Å²) >= 11 is 7.30. The molecule has 0 spiro atoms. The SMILES string of the molecule is CNC(=O)C1CCCN1S(=O)(=O)c1c(Cl)nc2sccn12. The van der Waals surface area contributed by atoms with Crippen LogP contribution in [0.1, 0.15) is 12.8 Å². The Morgan fingerprint density at radius 3 is 3.05 bits per heavy atom. The van der Waals surface area contributed by atoms with Gasteiger partial charge in [0.05, 0.1) is 0 Å². The number of hydrogen-bond donors (Lipinski definition) is 1. The largest absolute Gasteiger partial charge is 0.358 e. The Labute approximate surface area is 130 Å². The van der Waals surface area contributed by atoms with E-state index in [0.717, 1.165) is 0 Å². The van der Waals surface area contributed by atoms with Crippen molar-refractivity contribution in [3.05, 3.63) is 16.7 Å². The molecule has 2 aromatic rings. The number of rotatable bonds is 3. The zero-order valence-electron chi connectivity index (χ0n) is 11.1. The molecule has 0 radical (unpaired) electrons. The lowest BCUT2D eigenvalue weighted by molar-refractivity contribution is -0.123. The second-order valence-corrected chi connectivity index (χ2v) is 7.69. The summed E-state index contributed by atoms with van der Waals surface area (Å²) in [5.41, 5.74) is 0. The second-order valence-electron chi connectivity index (χ2n) is 4.65. The lowest BCUT2D eigenvalue weighted by atomic mass is 10.2. The number of carbonyl (C=O) groups is 1. The summed E-state index contributed by atoms with van der Waals surface area (Å²) in [6.07, 6.45) is 2.75. The molecule has 1 aliphatic heterocycles. The molecule has 10 heteroatoms. The van der Waals surface area contributed by atoms with Crippen molar-refractivity contribution in [2.75, 3.05) is 13.6 Å². The Morgan fingerprint density at radius 2 is 2.33 bits per heavy atom. The highest BCUT2D eigenvalue weighted by atomic mass is 35.5. The van der Waals surface area contributed by atoms with Crippen LogP contribution in [-0.4, -0.2) is 47.6 Å². The molecule has 1 fully saturated rings. The molecule has 1 saturated heterocycles. The average molecular weight is 349 g/mol. The van der Waals surface area contributed by atoms with E-state index in [2.05, 4.69) is 10.3 Å². The number of imidazole rings is 1.